The number of anilines is 1. The van der Waals surface area contributed by atoms with Crippen molar-refractivity contribution in [1.82, 2.24) is 4.98 Å². The molecule has 0 amide bonds. The van der Waals surface area contributed by atoms with Gasteiger partial charge in [0.15, 0.2) is 16.6 Å². The highest BCUT2D eigenvalue weighted by molar-refractivity contribution is 7.13. The molecule has 1 aromatic heterocycles. The number of nitrogens with one attached hydrogen (secondary N) is 1. The van der Waals surface area contributed by atoms with E-state index in [-0.39, 0.29) is 0 Å². The van der Waals surface area contributed by atoms with Crippen LogP contribution in [0.5, 0.6) is 11.5 Å². The van der Waals surface area contributed by atoms with Gasteiger partial charge < -0.3 is 14.8 Å². The lowest BCUT2D eigenvalue weighted by Gasteiger charge is -2.16. The molecule has 0 aliphatic heterocycles. The van der Waals surface area contributed by atoms with E-state index in [4.69, 9.17) is 21.1 Å². The van der Waals surface area contributed by atoms with Gasteiger partial charge in [0.25, 0.3) is 0 Å². The summed E-state index contributed by atoms with van der Waals surface area (Å²) in [5.41, 5.74) is 2.07. The molecular weight excluding hydrogens is 356 g/mol. The second-order valence-corrected chi connectivity index (χ2v) is 6.61. The largest absolute Gasteiger partial charge is 0.490 e. The molecule has 0 saturated heterocycles. The Morgan fingerprint density at radius 3 is 2.68 bits per heavy atom. The second kappa shape index (κ2) is 8.74. The van der Waals surface area contributed by atoms with E-state index >= 15 is 0 Å². The summed E-state index contributed by atoms with van der Waals surface area (Å²) in [4.78, 5) is 4.24. The maximum absolute atomic E-state index is 6.09. The number of para-hydroxylation sites is 1. The molecule has 0 unspecified atom stereocenters. The van der Waals surface area contributed by atoms with Gasteiger partial charge in [-0.1, -0.05) is 35.9 Å². The molecule has 0 radical (unpaired) electrons. The van der Waals surface area contributed by atoms with Crippen LogP contribution >= 0.6 is 22.9 Å². The third-order valence-electron chi connectivity index (χ3n) is 3.52. The fraction of sp³-hybridized carbons (Fsp3) is 0.211. The van der Waals surface area contributed by atoms with Gasteiger partial charge in [-0.3, -0.25) is 0 Å². The molecule has 0 spiro atoms. The molecule has 2 aromatic carbocycles. The van der Waals surface area contributed by atoms with Crippen LogP contribution in [0.2, 0.25) is 5.02 Å². The zero-order valence-corrected chi connectivity index (χ0v) is 15.4. The lowest BCUT2D eigenvalue weighted by Crippen LogP contribution is -2.06. The molecule has 130 valence electrons. The van der Waals surface area contributed by atoms with Gasteiger partial charge in [0.2, 0.25) is 0 Å². The Balaban J connectivity index is 1.76. The summed E-state index contributed by atoms with van der Waals surface area (Å²) in [5.74, 6) is 1.50. The third kappa shape index (κ3) is 4.87. The molecule has 1 heterocycles. The van der Waals surface area contributed by atoms with Gasteiger partial charge in [-0.2, -0.15) is 0 Å². The van der Waals surface area contributed by atoms with Gasteiger partial charge >= 0.3 is 0 Å². The minimum Gasteiger partial charge on any atom is -0.490 e. The average Bonchev–Trinajstić information content (AvgIpc) is 3.14. The van der Waals surface area contributed by atoms with Crippen LogP contribution in [0.1, 0.15) is 18.1 Å². The van der Waals surface area contributed by atoms with E-state index in [0.717, 1.165) is 27.8 Å². The number of benzene rings is 2. The Kier molecular flexibility index (Phi) is 6.14. The zero-order valence-electron chi connectivity index (χ0n) is 13.9. The lowest BCUT2D eigenvalue weighted by molar-refractivity contribution is 0.267. The average molecular weight is 375 g/mol. The first kappa shape index (κ1) is 17.6. The van der Waals surface area contributed by atoms with Gasteiger partial charge in [0, 0.05) is 28.7 Å². The maximum Gasteiger partial charge on any atom is 0.182 e. The summed E-state index contributed by atoms with van der Waals surface area (Å²) in [6.45, 7) is 3.61. The molecule has 0 fully saturated rings. The maximum atomic E-state index is 6.09. The summed E-state index contributed by atoms with van der Waals surface area (Å²) in [6, 6.07) is 13.6. The van der Waals surface area contributed by atoms with E-state index in [1.54, 1.807) is 17.5 Å². The predicted octanol–water partition coefficient (Wildman–Crippen LogP) is 5.39. The molecule has 6 heteroatoms. The van der Waals surface area contributed by atoms with Crippen LogP contribution in [-0.4, -0.2) is 11.6 Å². The Bertz CT molecular complexity index is 792. The van der Waals surface area contributed by atoms with Gasteiger partial charge in [-0.05, 0) is 30.7 Å². The van der Waals surface area contributed by atoms with Crippen LogP contribution in [0.4, 0.5) is 5.13 Å². The molecule has 3 aromatic rings. The van der Waals surface area contributed by atoms with E-state index in [2.05, 4.69) is 10.3 Å². The van der Waals surface area contributed by atoms with Crippen molar-refractivity contribution < 1.29 is 9.47 Å². The molecule has 3 rings (SSSR count). The van der Waals surface area contributed by atoms with Crippen LogP contribution < -0.4 is 14.8 Å². The fourth-order valence-corrected chi connectivity index (χ4v) is 3.01. The quantitative estimate of drug-likeness (QED) is 0.574. The van der Waals surface area contributed by atoms with E-state index in [0.29, 0.717) is 24.8 Å². The van der Waals surface area contributed by atoms with E-state index < -0.39 is 0 Å². The SMILES string of the molecule is CCOc1cccc(CNc2nccs2)c1OCc1ccc(Cl)cc1. The van der Waals surface area contributed by atoms with Crippen LogP contribution in [0.25, 0.3) is 0 Å². The standard InChI is InChI=1S/C19H19ClN2O2S/c1-2-23-17-5-3-4-15(12-22-19-21-10-11-25-19)18(17)24-13-14-6-8-16(20)9-7-14/h3-11H,2,12-13H2,1H3,(H,21,22). The molecule has 1 N–H and O–H groups in total. The van der Waals surface area contributed by atoms with Crippen molar-refractivity contribution in [3.8, 4) is 11.5 Å². The molecule has 0 aliphatic rings. The van der Waals surface area contributed by atoms with E-state index in [1.807, 2.05) is 54.8 Å². The Morgan fingerprint density at radius 1 is 1.12 bits per heavy atom. The normalized spacial score (nSPS) is 10.5. The van der Waals surface area contributed by atoms with Crippen molar-refractivity contribution in [2.75, 3.05) is 11.9 Å². The first-order valence-electron chi connectivity index (χ1n) is 8.01. The highest BCUT2D eigenvalue weighted by Crippen LogP contribution is 2.33. The van der Waals surface area contributed by atoms with Crippen LogP contribution in [0, 0.1) is 0 Å². The number of hydrogen-bond donors (Lipinski definition) is 1. The number of nitrogens with zero attached hydrogens (tertiary/aromatic N) is 1. The Labute approximate surface area is 156 Å². The minimum atomic E-state index is 0.450. The van der Waals surface area contributed by atoms with Crippen molar-refractivity contribution in [3.05, 3.63) is 70.2 Å². The summed E-state index contributed by atoms with van der Waals surface area (Å²) in [5, 5.41) is 6.85. The Morgan fingerprint density at radius 2 is 1.96 bits per heavy atom. The highest BCUT2D eigenvalue weighted by Gasteiger charge is 2.12. The number of aromatic nitrogens is 1. The monoisotopic (exact) mass is 374 g/mol. The number of halogens is 1. The van der Waals surface area contributed by atoms with Crippen LogP contribution in [-0.2, 0) is 13.2 Å². The molecule has 0 bridgehead atoms. The minimum absolute atomic E-state index is 0.450. The smallest absolute Gasteiger partial charge is 0.182 e. The summed E-state index contributed by atoms with van der Waals surface area (Å²) < 4.78 is 11.8. The first-order chi connectivity index (χ1) is 12.3. The number of rotatable bonds is 8. The topological polar surface area (TPSA) is 43.4 Å². The Hall–Kier alpha value is -2.24. The van der Waals surface area contributed by atoms with Gasteiger partial charge in [-0.15, -0.1) is 11.3 Å². The van der Waals surface area contributed by atoms with Crippen molar-refractivity contribution in [1.29, 1.82) is 0 Å². The third-order valence-corrected chi connectivity index (χ3v) is 4.50. The molecule has 25 heavy (non-hydrogen) atoms. The molecule has 4 nitrogen and oxygen atoms in total. The van der Waals surface area contributed by atoms with Gasteiger partial charge in [-0.25, -0.2) is 4.98 Å². The fourth-order valence-electron chi connectivity index (χ4n) is 2.35. The van der Waals surface area contributed by atoms with Crippen molar-refractivity contribution in [2.45, 2.75) is 20.1 Å². The first-order valence-corrected chi connectivity index (χ1v) is 9.27. The lowest BCUT2D eigenvalue weighted by atomic mass is 10.1. The summed E-state index contributed by atoms with van der Waals surface area (Å²) >= 11 is 7.50. The summed E-state index contributed by atoms with van der Waals surface area (Å²) in [6.07, 6.45) is 1.78. The van der Waals surface area contributed by atoms with Gasteiger partial charge in [0.05, 0.1) is 6.61 Å². The van der Waals surface area contributed by atoms with Crippen LogP contribution in [0.3, 0.4) is 0 Å². The molecule has 0 atom stereocenters. The van der Waals surface area contributed by atoms with E-state index in [9.17, 15) is 0 Å². The van der Waals surface area contributed by atoms with Crippen molar-refractivity contribution >= 4 is 28.1 Å². The number of thiazole rings is 1. The van der Waals surface area contributed by atoms with Crippen LogP contribution in [0.15, 0.2) is 54.0 Å². The number of ether oxygens (including phenoxy) is 2. The zero-order chi connectivity index (χ0) is 17.5. The van der Waals surface area contributed by atoms with Gasteiger partial charge in [0.1, 0.15) is 6.61 Å². The second-order valence-electron chi connectivity index (χ2n) is 5.28. The predicted molar refractivity (Wildman–Crippen MR) is 103 cm³/mol. The van der Waals surface area contributed by atoms with Crippen molar-refractivity contribution in [3.63, 3.8) is 0 Å². The molecule has 0 aliphatic carbocycles. The molecular formula is C19H19ClN2O2S. The highest BCUT2D eigenvalue weighted by atomic mass is 35.5. The molecule has 0 saturated carbocycles. The number of hydrogen-bond acceptors (Lipinski definition) is 5. The van der Waals surface area contributed by atoms with Crippen molar-refractivity contribution in [2.24, 2.45) is 0 Å². The summed E-state index contributed by atoms with van der Waals surface area (Å²) in [7, 11) is 0. The van der Waals surface area contributed by atoms with E-state index in [1.165, 1.54) is 0 Å².